The molecule has 0 spiro atoms. The predicted molar refractivity (Wildman–Crippen MR) is 99.4 cm³/mol. The Labute approximate surface area is 158 Å². The highest BCUT2D eigenvalue weighted by Gasteiger charge is 2.29. The monoisotopic (exact) mass is 370 g/mol. The molecule has 1 heterocycles. The van der Waals surface area contributed by atoms with Gasteiger partial charge in [-0.3, -0.25) is 9.59 Å². The molecule has 0 bridgehead atoms. The Balaban J connectivity index is 1.53. The fourth-order valence-electron chi connectivity index (χ4n) is 3.19. The third-order valence-electron chi connectivity index (χ3n) is 4.47. The van der Waals surface area contributed by atoms with Crippen LogP contribution in [0.5, 0.6) is 0 Å². The molecule has 1 aliphatic heterocycles. The van der Waals surface area contributed by atoms with Gasteiger partial charge in [-0.1, -0.05) is 42.5 Å². The van der Waals surface area contributed by atoms with Crippen LogP contribution in [0.2, 0.25) is 0 Å². The smallest absolute Gasteiger partial charge is 0.242 e. The van der Waals surface area contributed by atoms with E-state index in [2.05, 4.69) is 5.32 Å². The molecule has 2 unspecified atom stereocenters. The molecule has 3 rings (SSSR count). The molecule has 0 radical (unpaired) electrons. The van der Waals surface area contributed by atoms with Gasteiger partial charge in [0.1, 0.15) is 11.9 Å². The van der Waals surface area contributed by atoms with Crippen molar-refractivity contribution in [3.63, 3.8) is 0 Å². The zero-order valence-corrected chi connectivity index (χ0v) is 15.2. The van der Waals surface area contributed by atoms with Crippen molar-refractivity contribution in [2.45, 2.75) is 25.6 Å². The summed E-state index contributed by atoms with van der Waals surface area (Å²) >= 11 is 0. The van der Waals surface area contributed by atoms with Crippen LogP contribution < -0.4 is 5.32 Å². The van der Waals surface area contributed by atoms with Gasteiger partial charge in [0.2, 0.25) is 11.8 Å². The average molecular weight is 370 g/mol. The van der Waals surface area contributed by atoms with Crippen LogP contribution >= 0.6 is 0 Å². The number of hydrogen-bond donors (Lipinski definition) is 1. The Morgan fingerprint density at radius 3 is 2.67 bits per heavy atom. The maximum Gasteiger partial charge on any atom is 0.242 e. The van der Waals surface area contributed by atoms with Gasteiger partial charge in [0.15, 0.2) is 0 Å². The van der Waals surface area contributed by atoms with Crippen molar-refractivity contribution >= 4 is 11.8 Å². The highest BCUT2D eigenvalue weighted by Crippen LogP contribution is 2.24. The molecule has 1 aliphatic rings. The zero-order chi connectivity index (χ0) is 19.2. The molecule has 0 aliphatic carbocycles. The van der Waals surface area contributed by atoms with Gasteiger partial charge in [-0.05, 0) is 30.2 Å². The number of nitrogens with zero attached hydrogens (tertiary/aromatic N) is 1. The van der Waals surface area contributed by atoms with Gasteiger partial charge < -0.3 is 15.0 Å². The first-order valence-electron chi connectivity index (χ1n) is 9.00. The van der Waals surface area contributed by atoms with Gasteiger partial charge >= 0.3 is 0 Å². The Bertz CT molecular complexity index is 797. The van der Waals surface area contributed by atoms with E-state index in [4.69, 9.17) is 4.74 Å². The summed E-state index contributed by atoms with van der Waals surface area (Å²) in [6, 6.07) is 15.7. The highest BCUT2D eigenvalue weighted by atomic mass is 19.1. The first-order valence-corrected chi connectivity index (χ1v) is 9.00. The van der Waals surface area contributed by atoms with Crippen LogP contribution in [0.4, 0.5) is 4.39 Å². The number of morpholine rings is 1. The topological polar surface area (TPSA) is 58.6 Å². The molecule has 142 valence electrons. The summed E-state index contributed by atoms with van der Waals surface area (Å²) in [6.45, 7) is 2.79. The first kappa shape index (κ1) is 19.0. The third kappa shape index (κ3) is 5.37. The average Bonchev–Trinajstić information content (AvgIpc) is 2.66. The molecule has 1 fully saturated rings. The normalized spacial score (nSPS) is 19.6. The van der Waals surface area contributed by atoms with Gasteiger partial charge in [-0.15, -0.1) is 0 Å². The van der Waals surface area contributed by atoms with Gasteiger partial charge in [0, 0.05) is 6.54 Å². The summed E-state index contributed by atoms with van der Waals surface area (Å²) in [4.78, 5) is 26.3. The third-order valence-corrected chi connectivity index (χ3v) is 4.47. The number of carbonyl (C=O) groups excluding carboxylic acids is 2. The number of halogens is 1. The molecule has 0 aromatic heterocycles. The van der Waals surface area contributed by atoms with E-state index in [-0.39, 0.29) is 42.8 Å². The Kier molecular flexibility index (Phi) is 6.19. The molecular weight excluding hydrogens is 347 g/mol. The van der Waals surface area contributed by atoms with Gasteiger partial charge in [0.05, 0.1) is 25.6 Å². The van der Waals surface area contributed by atoms with Gasteiger partial charge in [-0.2, -0.15) is 0 Å². The zero-order valence-electron chi connectivity index (χ0n) is 15.2. The summed E-state index contributed by atoms with van der Waals surface area (Å²) in [5, 5.41) is 2.62. The maximum absolute atomic E-state index is 13.2. The lowest BCUT2D eigenvalue weighted by molar-refractivity contribution is -0.145. The van der Waals surface area contributed by atoms with Crippen molar-refractivity contribution in [2.75, 3.05) is 19.6 Å². The van der Waals surface area contributed by atoms with E-state index in [9.17, 15) is 14.0 Å². The van der Waals surface area contributed by atoms with Gasteiger partial charge in [-0.25, -0.2) is 4.39 Å². The largest absolute Gasteiger partial charge is 0.367 e. The quantitative estimate of drug-likeness (QED) is 0.880. The number of amides is 2. The van der Waals surface area contributed by atoms with Crippen molar-refractivity contribution in [1.29, 1.82) is 0 Å². The van der Waals surface area contributed by atoms with Crippen LogP contribution in [-0.4, -0.2) is 42.5 Å². The minimum atomic E-state index is -0.384. The highest BCUT2D eigenvalue weighted by molar-refractivity contribution is 5.85. The summed E-state index contributed by atoms with van der Waals surface area (Å²) in [5.41, 5.74) is 1.60. The van der Waals surface area contributed by atoms with Crippen LogP contribution in [0.25, 0.3) is 0 Å². The Hall–Kier alpha value is -2.73. The van der Waals surface area contributed by atoms with Crippen molar-refractivity contribution in [3.05, 3.63) is 71.5 Å². The Morgan fingerprint density at radius 1 is 1.15 bits per heavy atom. The van der Waals surface area contributed by atoms with Crippen molar-refractivity contribution in [1.82, 2.24) is 10.2 Å². The standard InChI is InChI=1S/C21H23FN2O3/c1-15-13-24(14-19(27-15)17-7-3-2-4-8-17)21(26)12-23-20(25)11-16-6-5-9-18(22)10-16/h2-10,15,19H,11-14H2,1H3,(H,23,25). The first-order chi connectivity index (χ1) is 13.0. The molecular formula is C21H23FN2O3. The number of ether oxygens (including phenoxy) is 1. The lowest BCUT2D eigenvalue weighted by Gasteiger charge is -2.37. The van der Waals surface area contributed by atoms with Crippen LogP contribution in [0, 0.1) is 5.82 Å². The minimum Gasteiger partial charge on any atom is -0.367 e. The van der Waals surface area contributed by atoms with Gasteiger partial charge in [0.25, 0.3) is 0 Å². The predicted octanol–water partition coefficient (Wildman–Crippen LogP) is 2.47. The van der Waals surface area contributed by atoms with E-state index in [1.54, 1.807) is 17.0 Å². The summed E-state index contributed by atoms with van der Waals surface area (Å²) in [5.74, 6) is -0.848. The molecule has 6 heteroatoms. The SMILES string of the molecule is CC1CN(C(=O)CNC(=O)Cc2cccc(F)c2)CC(c2ccccc2)O1. The van der Waals surface area contributed by atoms with E-state index in [0.717, 1.165) is 5.56 Å². The number of rotatable bonds is 5. The number of hydrogen-bond acceptors (Lipinski definition) is 3. The minimum absolute atomic E-state index is 0.0389. The molecule has 2 aromatic carbocycles. The lowest BCUT2D eigenvalue weighted by atomic mass is 10.1. The van der Waals surface area contributed by atoms with E-state index in [0.29, 0.717) is 18.7 Å². The molecule has 1 N–H and O–H groups in total. The summed E-state index contributed by atoms with van der Waals surface area (Å²) in [7, 11) is 0. The van der Waals surface area contributed by atoms with Crippen LogP contribution in [0.15, 0.2) is 54.6 Å². The number of benzene rings is 2. The second-order valence-corrected chi connectivity index (χ2v) is 6.73. The van der Waals surface area contributed by atoms with Crippen molar-refractivity contribution in [2.24, 2.45) is 0 Å². The Morgan fingerprint density at radius 2 is 1.93 bits per heavy atom. The van der Waals surface area contributed by atoms with Crippen LogP contribution in [0.3, 0.4) is 0 Å². The number of nitrogens with one attached hydrogen (secondary N) is 1. The molecule has 27 heavy (non-hydrogen) atoms. The fraction of sp³-hybridized carbons (Fsp3) is 0.333. The second kappa shape index (κ2) is 8.77. The lowest BCUT2D eigenvalue weighted by Crippen LogP contribution is -2.49. The maximum atomic E-state index is 13.2. The molecule has 2 aromatic rings. The van der Waals surface area contributed by atoms with Crippen LogP contribution in [0.1, 0.15) is 24.2 Å². The molecule has 2 amide bonds. The fourth-order valence-corrected chi connectivity index (χ4v) is 3.19. The molecule has 2 atom stereocenters. The van der Waals surface area contributed by atoms with E-state index in [1.807, 2.05) is 37.3 Å². The summed E-state index contributed by atoms with van der Waals surface area (Å²) < 4.78 is 19.1. The molecule has 5 nitrogen and oxygen atoms in total. The molecule has 0 saturated carbocycles. The van der Waals surface area contributed by atoms with Crippen molar-refractivity contribution < 1.29 is 18.7 Å². The van der Waals surface area contributed by atoms with Crippen molar-refractivity contribution in [3.8, 4) is 0 Å². The number of carbonyl (C=O) groups is 2. The molecule has 1 saturated heterocycles. The second-order valence-electron chi connectivity index (χ2n) is 6.73. The van der Waals surface area contributed by atoms with E-state index in [1.165, 1.54) is 12.1 Å². The van der Waals surface area contributed by atoms with Crippen LogP contribution in [-0.2, 0) is 20.7 Å². The summed E-state index contributed by atoms with van der Waals surface area (Å²) in [6.07, 6.45) is -0.227. The van der Waals surface area contributed by atoms with E-state index < -0.39 is 0 Å². The van der Waals surface area contributed by atoms with E-state index >= 15 is 0 Å².